The maximum absolute atomic E-state index is 11.0. The van der Waals surface area contributed by atoms with Crippen molar-refractivity contribution in [2.24, 2.45) is 0 Å². The van der Waals surface area contributed by atoms with E-state index < -0.39 is 0 Å². The molecule has 3 heterocycles. The number of pyridine rings is 1. The van der Waals surface area contributed by atoms with Crippen LogP contribution in [0.3, 0.4) is 0 Å². The molecule has 0 spiro atoms. The summed E-state index contributed by atoms with van der Waals surface area (Å²) in [7, 11) is 0. The molecule has 0 aliphatic carbocycles. The molecule has 0 aliphatic heterocycles. The summed E-state index contributed by atoms with van der Waals surface area (Å²) in [5.41, 5.74) is 1.67. The Kier molecular flexibility index (Phi) is 2.53. The van der Waals surface area contributed by atoms with Gasteiger partial charge in [-0.2, -0.15) is 0 Å². The molecule has 0 aliphatic rings. The molecule has 0 unspecified atom stereocenters. The third kappa shape index (κ3) is 1.73. The Bertz CT molecular complexity index is 654. The normalized spacial score (nSPS) is 10.4. The molecule has 0 fully saturated rings. The highest BCUT2D eigenvalue weighted by Crippen LogP contribution is 2.25. The second-order valence-corrected chi connectivity index (χ2v) is 3.71. The molecule has 88 valence electrons. The van der Waals surface area contributed by atoms with E-state index in [1.165, 1.54) is 0 Å². The highest BCUT2D eigenvalue weighted by molar-refractivity contribution is 5.85. The third-order valence-corrected chi connectivity index (χ3v) is 2.58. The highest BCUT2D eigenvalue weighted by Gasteiger charge is 2.12. The van der Waals surface area contributed by atoms with Gasteiger partial charge in [0.05, 0.1) is 12.5 Å². The van der Waals surface area contributed by atoms with Crippen molar-refractivity contribution in [2.75, 3.05) is 0 Å². The molecule has 4 heteroatoms. The number of hydrogen-bond acceptors (Lipinski definition) is 4. The molecule has 0 radical (unpaired) electrons. The van der Waals surface area contributed by atoms with Gasteiger partial charge in [-0.25, -0.2) is 4.98 Å². The Hall–Kier alpha value is -2.62. The first-order chi connectivity index (χ1) is 8.88. The number of rotatable bonds is 3. The van der Waals surface area contributed by atoms with E-state index in [1.54, 1.807) is 42.9 Å². The highest BCUT2D eigenvalue weighted by atomic mass is 16.3. The molecule has 0 aromatic carbocycles. The molecular weight excluding hydrogens is 230 g/mol. The Morgan fingerprint density at radius 1 is 0.944 bits per heavy atom. The fourth-order valence-electron chi connectivity index (χ4n) is 1.74. The molecule has 3 aromatic heterocycles. The van der Waals surface area contributed by atoms with E-state index in [0.717, 1.165) is 6.29 Å². The van der Waals surface area contributed by atoms with Crippen molar-refractivity contribution in [1.82, 2.24) is 4.98 Å². The maximum Gasteiger partial charge on any atom is 0.152 e. The van der Waals surface area contributed by atoms with Crippen LogP contribution in [0.15, 0.2) is 57.8 Å². The third-order valence-electron chi connectivity index (χ3n) is 2.58. The minimum atomic E-state index is 0.486. The summed E-state index contributed by atoms with van der Waals surface area (Å²) in [5, 5.41) is 0. The van der Waals surface area contributed by atoms with Crippen molar-refractivity contribution < 1.29 is 13.6 Å². The van der Waals surface area contributed by atoms with Gasteiger partial charge in [-0.05, 0) is 36.4 Å². The second kappa shape index (κ2) is 4.33. The molecule has 0 N–H and O–H groups in total. The molecule has 0 atom stereocenters. The number of carbonyl (C=O) groups excluding carboxylic acids is 1. The van der Waals surface area contributed by atoms with Crippen LogP contribution in [0.5, 0.6) is 0 Å². The number of aromatic nitrogens is 1. The largest absolute Gasteiger partial charge is 0.463 e. The van der Waals surface area contributed by atoms with E-state index in [9.17, 15) is 4.79 Å². The van der Waals surface area contributed by atoms with Gasteiger partial charge in [0.2, 0.25) is 0 Å². The van der Waals surface area contributed by atoms with E-state index in [-0.39, 0.29) is 0 Å². The number of aldehydes is 1. The Labute approximate surface area is 103 Å². The first-order valence-electron chi connectivity index (χ1n) is 5.42. The lowest BCUT2D eigenvalue weighted by molar-refractivity contribution is 0.112. The first-order valence-corrected chi connectivity index (χ1v) is 5.42. The smallest absolute Gasteiger partial charge is 0.152 e. The lowest BCUT2D eigenvalue weighted by atomic mass is 10.1. The fourth-order valence-corrected chi connectivity index (χ4v) is 1.74. The average molecular weight is 239 g/mol. The topological polar surface area (TPSA) is 56.2 Å². The quantitative estimate of drug-likeness (QED) is 0.657. The zero-order chi connectivity index (χ0) is 12.4. The Balaban J connectivity index is 2.16. The molecule has 3 rings (SSSR count). The summed E-state index contributed by atoms with van der Waals surface area (Å²) in [6.45, 7) is 0. The van der Waals surface area contributed by atoms with Gasteiger partial charge >= 0.3 is 0 Å². The lowest BCUT2D eigenvalue weighted by Crippen LogP contribution is -1.92. The molecule has 0 bridgehead atoms. The summed E-state index contributed by atoms with van der Waals surface area (Å²) < 4.78 is 10.6. The van der Waals surface area contributed by atoms with E-state index >= 15 is 0 Å². The van der Waals surface area contributed by atoms with Crippen LogP contribution in [0.1, 0.15) is 10.4 Å². The van der Waals surface area contributed by atoms with Crippen LogP contribution in [0, 0.1) is 0 Å². The molecular formula is C14H9NO3. The van der Waals surface area contributed by atoms with Gasteiger partial charge < -0.3 is 8.83 Å². The minimum absolute atomic E-state index is 0.486. The number of furan rings is 2. The fraction of sp³-hybridized carbons (Fsp3) is 0. The lowest BCUT2D eigenvalue weighted by Gasteiger charge is -2.03. The monoisotopic (exact) mass is 239 g/mol. The van der Waals surface area contributed by atoms with Gasteiger partial charge in [-0.1, -0.05) is 0 Å². The molecule has 3 aromatic rings. The van der Waals surface area contributed by atoms with Gasteiger partial charge in [0.1, 0.15) is 11.4 Å². The van der Waals surface area contributed by atoms with Crippen LogP contribution in [0.4, 0.5) is 0 Å². The standard InChI is InChI=1S/C14H9NO3/c16-9-10-5-6-11(12-3-1-7-17-12)15-14(10)13-4-2-8-18-13/h1-9H. The van der Waals surface area contributed by atoms with Crippen molar-refractivity contribution >= 4 is 6.29 Å². The van der Waals surface area contributed by atoms with Crippen molar-refractivity contribution in [1.29, 1.82) is 0 Å². The summed E-state index contributed by atoms with van der Waals surface area (Å²) in [6, 6.07) is 10.6. The van der Waals surface area contributed by atoms with Crippen LogP contribution in [-0.4, -0.2) is 11.3 Å². The minimum Gasteiger partial charge on any atom is -0.463 e. The molecule has 0 amide bonds. The van der Waals surface area contributed by atoms with E-state index in [0.29, 0.717) is 28.5 Å². The van der Waals surface area contributed by atoms with Gasteiger partial charge in [-0.3, -0.25) is 4.79 Å². The van der Waals surface area contributed by atoms with Crippen LogP contribution in [0.2, 0.25) is 0 Å². The summed E-state index contributed by atoms with van der Waals surface area (Å²) in [5.74, 6) is 1.21. The van der Waals surface area contributed by atoms with E-state index in [2.05, 4.69) is 4.98 Å². The van der Waals surface area contributed by atoms with Crippen LogP contribution in [-0.2, 0) is 0 Å². The van der Waals surface area contributed by atoms with Crippen LogP contribution < -0.4 is 0 Å². The van der Waals surface area contributed by atoms with Gasteiger partial charge in [0.25, 0.3) is 0 Å². The average Bonchev–Trinajstić information content (AvgIpc) is 3.11. The Morgan fingerprint density at radius 3 is 2.28 bits per heavy atom. The van der Waals surface area contributed by atoms with Crippen molar-refractivity contribution in [3.05, 3.63) is 54.5 Å². The van der Waals surface area contributed by atoms with Crippen LogP contribution in [0.25, 0.3) is 22.9 Å². The summed E-state index contributed by atoms with van der Waals surface area (Å²) in [4.78, 5) is 15.4. The maximum atomic E-state index is 11.0. The van der Waals surface area contributed by atoms with Gasteiger partial charge in [0, 0.05) is 5.56 Å². The SMILES string of the molecule is O=Cc1ccc(-c2ccco2)nc1-c1ccco1. The number of nitrogens with zero attached hydrogens (tertiary/aromatic N) is 1. The predicted octanol–water partition coefficient (Wildman–Crippen LogP) is 3.41. The number of hydrogen-bond donors (Lipinski definition) is 0. The molecule has 18 heavy (non-hydrogen) atoms. The predicted molar refractivity (Wildman–Crippen MR) is 65.0 cm³/mol. The van der Waals surface area contributed by atoms with Gasteiger partial charge in [-0.15, -0.1) is 0 Å². The second-order valence-electron chi connectivity index (χ2n) is 3.71. The van der Waals surface area contributed by atoms with Crippen LogP contribution >= 0.6 is 0 Å². The molecule has 0 saturated heterocycles. The van der Waals surface area contributed by atoms with E-state index in [1.807, 2.05) is 6.07 Å². The number of carbonyl (C=O) groups is 1. The Morgan fingerprint density at radius 2 is 1.67 bits per heavy atom. The summed E-state index contributed by atoms with van der Waals surface area (Å²) >= 11 is 0. The molecule has 4 nitrogen and oxygen atoms in total. The zero-order valence-electron chi connectivity index (χ0n) is 9.37. The summed E-state index contributed by atoms with van der Waals surface area (Å²) in [6.07, 6.45) is 3.89. The van der Waals surface area contributed by atoms with Gasteiger partial charge in [0.15, 0.2) is 17.8 Å². The zero-order valence-corrected chi connectivity index (χ0v) is 9.37. The van der Waals surface area contributed by atoms with Crippen molar-refractivity contribution in [3.63, 3.8) is 0 Å². The van der Waals surface area contributed by atoms with E-state index in [4.69, 9.17) is 8.83 Å². The van der Waals surface area contributed by atoms with Crippen molar-refractivity contribution in [3.8, 4) is 22.9 Å². The first kappa shape index (κ1) is 10.5. The molecule has 0 saturated carbocycles. The van der Waals surface area contributed by atoms with Crippen molar-refractivity contribution in [2.45, 2.75) is 0 Å².